The first-order valence-corrected chi connectivity index (χ1v) is 8.16. The number of hydrogen-bond acceptors (Lipinski definition) is 5. The van der Waals surface area contributed by atoms with Gasteiger partial charge in [-0.1, -0.05) is 24.2 Å². The topological polar surface area (TPSA) is 97.1 Å². The van der Waals surface area contributed by atoms with Crippen LogP contribution < -0.4 is 10.6 Å². The van der Waals surface area contributed by atoms with Crippen molar-refractivity contribution >= 4 is 23.3 Å². The van der Waals surface area contributed by atoms with Gasteiger partial charge in [0, 0.05) is 23.5 Å². The van der Waals surface area contributed by atoms with Gasteiger partial charge < -0.3 is 15.2 Å². The Morgan fingerprint density at radius 2 is 1.81 bits per heavy atom. The number of benzene rings is 1. The van der Waals surface area contributed by atoms with Gasteiger partial charge in [0.15, 0.2) is 5.82 Å². The van der Waals surface area contributed by atoms with Gasteiger partial charge in [-0.3, -0.25) is 14.6 Å². The fraction of sp³-hybridized carbons (Fsp3) is 0.158. The van der Waals surface area contributed by atoms with E-state index in [-0.39, 0.29) is 11.6 Å². The van der Waals surface area contributed by atoms with E-state index < -0.39 is 5.91 Å². The monoisotopic (exact) mass is 350 g/mol. The third-order valence-electron chi connectivity index (χ3n) is 3.74. The van der Waals surface area contributed by atoms with Crippen molar-refractivity contribution in [3.8, 4) is 0 Å². The SMILES string of the molecule is CCc1ccc(NC(=O)c2cc(C(=O)Nc3cc(C)on3)ccn2)cc1. The lowest BCUT2D eigenvalue weighted by atomic mass is 10.1. The molecule has 0 unspecified atom stereocenters. The molecule has 132 valence electrons. The summed E-state index contributed by atoms with van der Waals surface area (Å²) in [5.41, 5.74) is 2.30. The van der Waals surface area contributed by atoms with E-state index >= 15 is 0 Å². The number of hydrogen-bond donors (Lipinski definition) is 2. The molecule has 2 heterocycles. The molecule has 7 heteroatoms. The minimum absolute atomic E-state index is 0.147. The van der Waals surface area contributed by atoms with E-state index in [9.17, 15) is 9.59 Å². The summed E-state index contributed by atoms with van der Waals surface area (Å²) in [5.74, 6) is 0.110. The molecule has 2 N–H and O–H groups in total. The van der Waals surface area contributed by atoms with Crippen LogP contribution in [0.4, 0.5) is 11.5 Å². The number of carbonyl (C=O) groups is 2. The van der Waals surface area contributed by atoms with Crippen LogP contribution in [-0.4, -0.2) is 22.0 Å². The summed E-state index contributed by atoms with van der Waals surface area (Å²) in [6, 6.07) is 12.1. The van der Waals surface area contributed by atoms with Crippen LogP contribution in [0.1, 0.15) is 39.1 Å². The Hall–Kier alpha value is -3.48. The van der Waals surface area contributed by atoms with E-state index in [4.69, 9.17) is 4.52 Å². The van der Waals surface area contributed by atoms with Crippen molar-refractivity contribution in [1.29, 1.82) is 0 Å². The molecule has 3 aromatic rings. The Labute approximate surface area is 150 Å². The van der Waals surface area contributed by atoms with E-state index in [0.29, 0.717) is 22.8 Å². The van der Waals surface area contributed by atoms with E-state index in [1.165, 1.54) is 23.9 Å². The Morgan fingerprint density at radius 1 is 1.04 bits per heavy atom. The number of amides is 2. The molecule has 0 spiro atoms. The summed E-state index contributed by atoms with van der Waals surface area (Å²) < 4.78 is 4.90. The van der Waals surface area contributed by atoms with Gasteiger partial charge in [-0.15, -0.1) is 0 Å². The molecular weight excluding hydrogens is 332 g/mol. The van der Waals surface area contributed by atoms with Crippen LogP contribution >= 0.6 is 0 Å². The number of aromatic nitrogens is 2. The Bertz CT molecular complexity index is 932. The maximum Gasteiger partial charge on any atom is 0.274 e. The number of nitrogens with zero attached hydrogens (tertiary/aromatic N) is 2. The summed E-state index contributed by atoms with van der Waals surface area (Å²) in [6.07, 6.45) is 2.34. The Balaban J connectivity index is 1.71. The summed E-state index contributed by atoms with van der Waals surface area (Å²) in [6.45, 7) is 3.79. The number of rotatable bonds is 5. The minimum Gasteiger partial charge on any atom is -0.360 e. The Kier molecular flexibility index (Phi) is 5.07. The first kappa shape index (κ1) is 17.3. The van der Waals surface area contributed by atoms with Gasteiger partial charge in [-0.2, -0.15) is 0 Å². The van der Waals surface area contributed by atoms with Gasteiger partial charge in [0.25, 0.3) is 11.8 Å². The van der Waals surface area contributed by atoms with Gasteiger partial charge >= 0.3 is 0 Å². The zero-order chi connectivity index (χ0) is 18.5. The lowest BCUT2D eigenvalue weighted by Crippen LogP contribution is -2.17. The number of anilines is 2. The molecule has 0 atom stereocenters. The second kappa shape index (κ2) is 7.60. The minimum atomic E-state index is -0.401. The molecular formula is C19H18N4O3. The second-order valence-electron chi connectivity index (χ2n) is 5.71. The van der Waals surface area contributed by atoms with Crippen LogP contribution in [0.3, 0.4) is 0 Å². The standard InChI is InChI=1S/C19H18N4O3/c1-3-13-4-6-15(7-5-13)21-19(25)16-11-14(8-9-20-16)18(24)22-17-10-12(2)26-23-17/h4-11H,3H2,1-2H3,(H,21,25)(H,22,23,24). The summed E-state index contributed by atoms with van der Waals surface area (Å²) in [7, 11) is 0. The lowest BCUT2D eigenvalue weighted by Gasteiger charge is -2.07. The Morgan fingerprint density at radius 3 is 2.46 bits per heavy atom. The van der Waals surface area contributed by atoms with E-state index in [1.807, 2.05) is 24.3 Å². The highest BCUT2D eigenvalue weighted by Gasteiger charge is 2.13. The first-order valence-electron chi connectivity index (χ1n) is 8.16. The molecule has 3 rings (SSSR count). The average molecular weight is 350 g/mol. The number of pyridine rings is 1. The van der Waals surface area contributed by atoms with Crippen LogP contribution in [0.15, 0.2) is 53.2 Å². The molecule has 0 aliphatic heterocycles. The van der Waals surface area contributed by atoms with Crippen molar-refractivity contribution in [3.63, 3.8) is 0 Å². The summed E-state index contributed by atoms with van der Waals surface area (Å²) >= 11 is 0. The maximum absolute atomic E-state index is 12.4. The van der Waals surface area contributed by atoms with Gasteiger partial charge in [-0.25, -0.2) is 0 Å². The predicted molar refractivity (Wildman–Crippen MR) is 97.2 cm³/mol. The van der Waals surface area contributed by atoms with Crippen LogP contribution in [0.25, 0.3) is 0 Å². The molecule has 0 saturated heterocycles. The fourth-order valence-electron chi connectivity index (χ4n) is 2.33. The van der Waals surface area contributed by atoms with Crippen LogP contribution in [-0.2, 0) is 6.42 Å². The highest BCUT2D eigenvalue weighted by atomic mass is 16.5. The highest BCUT2D eigenvalue weighted by molar-refractivity contribution is 6.07. The maximum atomic E-state index is 12.4. The van der Waals surface area contributed by atoms with Crippen molar-refractivity contribution in [3.05, 3.63) is 71.2 Å². The molecule has 0 aliphatic carbocycles. The molecule has 7 nitrogen and oxygen atoms in total. The zero-order valence-corrected chi connectivity index (χ0v) is 14.4. The van der Waals surface area contributed by atoms with E-state index in [1.54, 1.807) is 13.0 Å². The smallest absolute Gasteiger partial charge is 0.274 e. The fourth-order valence-corrected chi connectivity index (χ4v) is 2.33. The van der Waals surface area contributed by atoms with Gasteiger partial charge in [-0.05, 0) is 43.2 Å². The van der Waals surface area contributed by atoms with Crippen LogP contribution in [0, 0.1) is 6.92 Å². The number of carbonyl (C=O) groups excluding carboxylic acids is 2. The second-order valence-corrected chi connectivity index (χ2v) is 5.71. The lowest BCUT2D eigenvalue weighted by molar-refractivity contribution is 0.102. The molecule has 0 aliphatic rings. The van der Waals surface area contributed by atoms with Crippen molar-refractivity contribution in [2.75, 3.05) is 10.6 Å². The molecule has 2 aromatic heterocycles. The van der Waals surface area contributed by atoms with Gasteiger partial charge in [0.05, 0.1) is 0 Å². The molecule has 0 fully saturated rings. The summed E-state index contributed by atoms with van der Waals surface area (Å²) in [5, 5.41) is 9.08. The predicted octanol–water partition coefficient (Wildman–Crippen LogP) is 3.45. The van der Waals surface area contributed by atoms with Crippen molar-refractivity contribution in [2.24, 2.45) is 0 Å². The van der Waals surface area contributed by atoms with E-state index in [2.05, 4.69) is 27.7 Å². The van der Waals surface area contributed by atoms with Gasteiger partial charge in [0.2, 0.25) is 0 Å². The van der Waals surface area contributed by atoms with Crippen molar-refractivity contribution < 1.29 is 14.1 Å². The quantitative estimate of drug-likeness (QED) is 0.734. The normalized spacial score (nSPS) is 10.4. The number of aryl methyl sites for hydroxylation is 2. The zero-order valence-electron chi connectivity index (χ0n) is 14.4. The highest BCUT2D eigenvalue weighted by Crippen LogP contribution is 2.13. The third-order valence-corrected chi connectivity index (χ3v) is 3.74. The van der Waals surface area contributed by atoms with Crippen LogP contribution in [0.2, 0.25) is 0 Å². The molecule has 26 heavy (non-hydrogen) atoms. The molecule has 1 aromatic carbocycles. The first-order chi connectivity index (χ1) is 12.5. The van der Waals surface area contributed by atoms with Crippen molar-refractivity contribution in [2.45, 2.75) is 20.3 Å². The summed E-state index contributed by atoms with van der Waals surface area (Å²) in [4.78, 5) is 28.7. The van der Waals surface area contributed by atoms with Crippen molar-refractivity contribution in [1.82, 2.24) is 10.1 Å². The number of nitrogens with one attached hydrogen (secondary N) is 2. The van der Waals surface area contributed by atoms with Crippen LogP contribution in [0.5, 0.6) is 0 Å². The average Bonchev–Trinajstić information content (AvgIpc) is 3.07. The third kappa shape index (κ3) is 4.13. The largest absolute Gasteiger partial charge is 0.360 e. The van der Waals surface area contributed by atoms with E-state index in [0.717, 1.165) is 6.42 Å². The van der Waals surface area contributed by atoms with Gasteiger partial charge in [0.1, 0.15) is 11.5 Å². The molecule has 0 saturated carbocycles. The molecule has 0 bridgehead atoms. The molecule has 2 amide bonds. The molecule has 0 radical (unpaired) electrons.